The number of hydrogen-bond acceptors (Lipinski definition) is 4. The topological polar surface area (TPSA) is 49.4 Å². The fourth-order valence-corrected chi connectivity index (χ4v) is 4.18. The van der Waals surface area contributed by atoms with Crippen molar-refractivity contribution >= 4 is 67.8 Å². The molecular weight excluding hydrogens is 456 g/mol. The molecular formula is C21H17BrN2O2S2. The summed E-state index contributed by atoms with van der Waals surface area (Å²) in [6.45, 7) is 0.254. The van der Waals surface area contributed by atoms with Crippen molar-refractivity contribution in [2.24, 2.45) is 0 Å². The lowest BCUT2D eigenvalue weighted by Crippen LogP contribution is -2.31. The summed E-state index contributed by atoms with van der Waals surface area (Å²) in [4.78, 5) is 26.7. The van der Waals surface area contributed by atoms with Gasteiger partial charge in [-0.2, -0.15) is 0 Å². The molecule has 28 heavy (non-hydrogen) atoms. The number of halogens is 1. The van der Waals surface area contributed by atoms with Crippen molar-refractivity contribution in [1.29, 1.82) is 0 Å². The van der Waals surface area contributed by atoms with Gasteiger partial charge in [0.05, 0.1) is 4.91 Å². The van der Waals surface area contributed by atoms with Crippen LogP contribution in [0.5, 0.6) is 0 Å². The van der Waals surface area contributed by atoms with Crippen LogP contribution < -0.4 is 5.32 Å². The number of nitrogens with one attached hydrogen (secondary N) is 1. The van der Waals surface area contributed by atoms with Crippen molar-refractivity contribution in [2.75, 3.05) is 11.9 Å². The van der Waals surface area contributed by atoms with E-state index in [1.165, 1.54) is 16.7 Å². The van der Waals surface area contributed by atoms with E-state index in [0.717, 1.165) is 10.0 Å². The number of rotatable bonds is 6. The number of benzene rings is 2. The van der Waals surface area contributed by atoms with Crippen LogP contribution in [-0.2, 0) is 9.59 Å². The van der Waals surface area contributed by atoms with Crippen molar-refractivity contribution < 1.29 is 9.59 Å². The molecule has 0 spiro atoms. The molecule has 0 aliphatic carbocycles. The van der Waals surface area contributed by atoms with Gasteiger partial charge in [-0.15, -0.1) is 0 Å². The predicted octanol–water partition coefficient (Wildman–Crippen LogP) is 5.24. The summed E-state index contributed by atoms with van der Waals surface area (Å²) >= 11 is 9.92. The molecule has 1 aliphatic heterocycles. The first-order chi connectivity index (χ1) is 13.5. The van der Waals surface area contributed by atoms with Crippen LogP contribution in [0.4, 0.5) is 5.69 Å². The first-order valence-corrected chi connectivity index (χ1v) is 10.6. The van der Waals surface area contributed by atoms with Crippen molar-refractivity contribution in [3.8, 4) is 0 Å². The summed E-state index contributed by atoms with van der Waals surface area (Å²) in [7, 11) is 0. The average molecular weight is 473 g/mol. The van der Waals surface area contributed by atoms with Gasteiger partial charge in [-0.3, -0.25) is 14.5 Å². The maximum atomic E-state index is 12.6. The van der Waals surface area contributed by atoms with E-state index in [1.54, 1.807) is 6.08 Å². The average Bonchev–Trinajstić information content (AvgIpc) is 2.94. The van der Waals surface area contributed by atoms with Crippen LogP contribution in [0, 0.1) is 0 Å². The number of carbonyl (C=O) groups is 2. The van der Waals surface area contributed by atoms with Gasteiger partial charge in [-0.1, -0.05) is 88.5 Å². The summed E-state index contributed by atoms with van der Waals surface area (Å²) in [6, 6.07) is 17.2. The van der Waals surface area contributed by atoms with Crippen molar-refractivity contribution in [2.45, 2.75) is 6.42 Å². The Labute approximate surface area is 181 Å². The Morgan fingerprint density at radius 3 is 2.71 bits per heavy atom. The quantitative estimate of drug-likeness (QED) is 0.461. The third kappa shape index (κ3) is 5.64. The highest BCUT2D eigenvalue weighted by atomic mass is 79.9. The molecule has 4 nitrogen and oxygen atoms in total. The summed E-state index contributed by atoms with van der Waals surface area (Å²) in [5.41, 5.74) is 1.76. The van der Waals surface area contributed by atoms with Gasteiger partial charge in [0.15, 0.2) is 0 Å². The monoisotopic (exact) mass is 472 g/mol. The molecule has 142 valence electrons. The van der Waals surface area contributed by atoms with Gasteiger partial charge in [-0.25, -0.2) is 0 Å². The fraction of sp³-hybridized carbons (Fsp3) is 0.0952. The van der Waals surface area contributed by atoms with E-state index in [9.17, 15) is 9.59 Å². The third-order valence-electron chi connectivity index (χ3n) is 3.88. The molecule has 0 saturated carbocycles. The highest BCUT2D eigenvalue weighted by molar-refractivity contribution is 9.10. The molecule has 0 atom stereocenters. The standard InChI is InChI=1S/C21H17BrN2O2S2/c22-16-9-5-10-17(14-16)23-19(25)12-13-24-20(26)18(28-21(24)27)11-4-8-15-6-2-1-3-7-15/h1-11,14H,12-13H2,(H,23,25)/b8-4+,18-11-. The Kier molecular flexibility index (Phi) is 7.19. The number of anilines is 1. The van der Waals surface area contributed by atoms with Crippen LogP contribution in [0.3, 0.4) is 0 Å². The molecule has 1 aliphatic rings. The molecule has 2 aromatic rings. The fourth-order valence-electron chi connectivity index (χ4n) is 2.52. The minimum atomic E-state index is -0.167. The van der Waals surface area contributed by atoms with Crippen LogP contribution in [-0.4, -0.2) is 27.6 Å². The lowest BCUT2D eigenvalue weighted by atomic mass is 10.2. The summed E-state index contributed by atoms with van der Waals surface area (Å²) < 4.78 is 1.36. The van der Waals surface area contributed by atoms with Crippen LogP contribution in [0.15, 0.2) is 76.1 Å². The highest BCUT2D eigenvalue weighted by Gasteiger charge is 2.31. The van der Waals surface area contributed by atoms with Crippen LogP contribution in [0.2, 0.25) is 0 Å². The van der Waals surface area contributed by atoms with Gasteiger partial charge in [0, 0.05) is 23.1 Å². The molecule has 0 aromatic heterocycles. The molecule has 1 N–H and O–H groups in total. The van der Waals surface area contributed by atoms with Gasteiger partial charge in [-0.05, 0) is 29.8 Å². The smallest absolute Gasteiger partial charge is 0.266 e. The Morgan fingerprint density at radius 1 is 1.18 bits per heavy atom. The maximum Gasteiger partial charge on any atom is 0.266 e. The Morgan fingerprint density at radius 2 is 1.96 bits per heavy atom. The predicted molar refractivity (Wildman–Crippen MR) is 123 cm³/mol. The summed E-state index contributed by atoms with van der Waals surface area (Å²) in [6.07, 6.45) is 5.69. The van der Waals surface area contributed by atoms with Gasteiger partial charge < -0.3 is 5.32 Å². The van der Waals surface area contributed by atoms with Gasteiger partial charge >= 0.3 is 0 Å². The minimum Gasteiger partial charge on any atom is -0.326 e. The zero-order valence-corrected chi connectivity index (χ0v) is 18.0. The highest BCUT2D eigenvalue weighted by Crippen LogP contribution is 2.31. The first-order valence-electron chi connectivity index (χ1n) is 8.55. The number of hydrogen-bond donors (Lipinski definition) is 1. The van der Waals surface area contributed by atoms with E-state index in [-0.39, 0.29) is 24.8 Å². The van der Waals surface area contributed by atoms with Crippen LogP contribution >= 0.6 is 39.9 Å². The molecule has 3 rings (SSSR count). The largest absolute Gasteiger partial charge is 0.326 e. The SMILES string of the molecule is O=C(CCN1C(=O)/C(=C/C=C/c2ccccc2)SC1=S)Nc1cccc(Br)c1. The van der Waals surface area contributed by atoms with E-state index in [1.807, 2.05) is 66.7 Å². The van der Waals surface area contributed by atoms with Crippen molar-refractivity contribution in [3.05, 3.63) is 81.7 Å². The van der Waals surface area contributed by atoms with E-state index in [4.69, 9.17) is 12.2 Å². The number of carbonyl (C=O) groups excluding carboxylic acids is 2. The second kappa shape index (κ2) is 9.82. The molecule has 0 bridgehead atoms. The second-order valence-electron chi connectivity index (χ2n) is 5.93. The van der Waals surface area contributed by atoms with Crippen LogP contribution in [0.25, 0.3) is 6.08 Å². The minimum absolute atomic E-state index is 0.164. The Balaban J connectivity index is 1.55. The van der Waals surface area contributed by atoms with Crippen molar-refractivity contribution in [1.82, 2.24) is 4.90 Å². The normalized spacial score (nSPS) is 15.6. The number of thioether (sulfide) groups is 1. The summed E-state index contributed by atoms with van der Waals surface area (Å²) in [5.74, 6) is -0.330. The Bertz CT molecular complexity index is 958. The summed E-state index contributed by atoms with van der Waals surface area (Å²) in [5, 5.41) is 2.82. The molecule has 1 heterocycles. The van der Waals surface area contributed by atoms with E-state index >= 15 is 0 Å². The molecule has 1 saturated heterocycles. The van der Waals surface area contributed by atoms with Gasteiger partial charge in [0.2, 0.25) is 5.91 Å². The Hall–Kier alpha value is -2.22. The molecule has 7 heteroatoms. The second-order valence-corrected chi connectivity index (χ2v) is 8.53. The van der Waals surface area contributed by atoms with Crippen LogP contribution in [0.1, 0.15) is 12.0 Å². The lowest BCUT2D eigenvalue weighted by molar-refractivity contribution is -0.122. The zero-order valence-electron chi connectivity index (χ0n) is 14.8. The maximum absolute atomic E-state index is 12.6. The van der Waals surface area contributed by atoms with E-state index in [2.05, 4.69) is 21.2 Å². The lowest BCUT2D eigenvalue weighted by Gasteiger charge is -2.14. The van der Waals surface area contributed by atoms with Gasteiger partial charge in [0.25, 0.3) is 5.91 Å². The van der Waals surface area contributed by atoms with E-state index in [0.29, 0.717) is 14.9 Å². The number of allylic oxidation sites excluding steroid dienone is 2. The number of nitrogens with zero attached hydrogens (tertiary/aromatic N) is 1. The molecule has 1 fully saturated rings. The number of amides is 2. The number of thiocarbonyl (C=S) groups is 1. The molecule has 2 aromatic carbocycles. The van der Waals surface area contributed by atoms with Gasteiger partial charge in [0.1, 0.15) is 4.32 Å². The first kappa shape index (κ1) is 20.5. The molecule has 0 unspecified atom stereocenters. The molecule has 0 radical (unpaired) electrons. The zero-order chi connectivity index (χ0) is 19.9. The van der Waals surface area contributed by atoms with Crippen molar-refractivity contribution in [3.63, 3.8) is 0 Å². The third-order valence-corrected chi connectivity index (χ3v) is 5.77. The molecule has 2 amide bonds. The van der Waals surface area contributed by atoms with E-state index < -0.39 is 0 Å².